The summed E-state index contributed by atoms with van der Waals surface area (Å²) in [5.74, 6) is -0.292. The topological polar surface area (TPSA) is 83.0 Å². The molecule has 0 unspecified atom stereocenters. The molecule has 0 saturated heterocycles. The Kier molecular flexibility index (Phi) is 6.08. The largest absolute Gasteiger partial charge is 0.484 e. The number of carbonyl (C=O) groups is 2. The molecule has 0 radical (unpaired) electrons. The molecule has 27 heavy (non-hydrogen) atoms. The van der Waals surface area contributed by atoms with Crippen molar-refractivity contribution < 1.29 is 14.3 Å². The Hall–Kier alpha value is -2.87. The maximum absolute atomic E-state index is 12.1. The van der Waals surface area contributed by atoms with E-state index in [2.05, 4.69) is 31.9 Å². The average Bonchev–Trinajstić information content (AvgIpc) is 3.12. The minimum atomic E-state index is -0.454. The Morgan fingerprint density at radius 2 is 1.81 bits per heavy atom. The van der Waals surface area contributed by atoms with Gasteiger partial charge < -0.3 is 4.74 Å². The first-order valence-corrected chi connectivity index (χ1v) is 9.20. The number of nitrogens with one attached hydrogen (secondary N) is 2. The van der Waals surface area contributed by atoms with Crippen LogP contribution in [-0.4, -0.2) is 30.7 Å². The lowest BCUT2D eigenvalue weighted by molar-refractivity contribution is -0.123. The third kappa shape index (κ3) is 5.30. The lowest BCUT2D eigenvalue weighted by Crippen LogP contribution is -2.43. The zero-order valence-electron chi connectivity index (χ0n) is 14.7. The summed E-state index contributed by atoms with van der Waals surface area (Å²) in [5, 5.41) is 6.32. The molecule has 0 fully saturated rings. The predicted octanol–water partition coefficient (Wildman–Crippen LogP) is 2.88. The molecule has 1 aliphatic heterocycles. The number of ether oxygens (including phenoxy) is 1. The highest BCUT2D eigenvalue weighted by molar-refractivity contribution is 9.10. The molecule has 8 heteroatoms. The minimum absolute atomic E-state index is 0.201. The predicted molar refractivity (Wildman–Crippen MR) is 107 cm³/mol. The summed E-state index contributed by atoms with van der Waals surface area (Å²) in [5.41, 5.74) is 7.16. The van der Waals surface area contributed by atoms with Crippen LogP contribution in [0.3, 0.4) is 0 Å². The van der Waals surface area contributed by atoms with E-state index in [1.54, 1.807) is 24.3 Å². The van der Waals surface area contributed by atoms with E-state index >= 15 is 0 Å². The smallest absolute Gasteiger partial charge is 0.276 e. The van der Waals surface area contributed by atoms with Gasteiger partial charge in [-0.3, -0.25) is 25.4 Å². The number of benzene rings is 2. The summed E-state index contributed by atoms with van der Waals surface area (Å²) >= 11 is 3.32. The molecule has 140 valence electrons. The van der Waals surface area contributed by atoms with Crippen LogP contribution in [0.4, 0.5) is 5.69 Å². The number of nitrogens with zero attached hydrogens (tertiary/aromatic N) is 2. The summed E-state index contributed by atoms with van der Waals surface area (Å²) in [4.78, 5) is 23.9. The molecule has 0 aliphatic carbocycles. The van der Waals surface area contributed by atoms with Crippen molar-refractivity contribution in [2.24, 2.45) is 5.10 Å². The standard InChI is InChI=1S/C19H19BrN4O3/c1-13-10-11-24(23-13)16-6-2-14(3-7-16)19(26)22-21-18(25)12-27-17-8-4-15(20)5-9-17/h2-9H,10-12H2,1H3,(H,21,25)(H,22,26). The third-order valence-electron chi connectivity index (χ3n) is 3.90. The molecule has 1 heterocycles. The zero-order chi connectivity index (χ0) is 19.2. The number of amides is 2. The van der Waals surface area contributed by atoms with E-state index < -0.39 is 11.8 Å². The van der Waals surface area contributed by atoms with Crippen LogP contribution in [0.25, 0.3) is 0 Å². The van der Waals surface area contributed by atoms with E-state index in [1.807, 2.05) is 36.2 Å². The van der Waals surface area contributed by atoms with Gasteiger partial charge in [0.2, 0.25) is 0 Å². The van der Waals surface area contributed by atoms with Gasteiger partial charge >= 0.3 is 0 Å². The number of carbonyl (C=O) groups excluding carboxylic acids is 2. The van der Waals surface area contributed by atoms with E-state index in [4.69, 9.17) is 4.74 Å². The Bertz CT molecular complexity index is 850. The third-order valence-corrected chi connectivity index (χ3v) is 4.43. The molecule has 1 aliphatic rings. The van der Waals surface area contributed by atoms with Gasteiger partial charge in [0.15, 0.2) is 6.61 Å². The lowest BCUT2D eigenvalue weighted by atomic mass is 10.2. The summed E-state index contributed by atoms with van der Waals surface area (Å²) in [7, 11) is 0. The molecule has 0 aromatic heterocycles. The van der Waals surface area contributed by atoms with Gasteiger partial charge in [-0.1, -0.05) is 15.9 Å². The summed E-state index contributed by atoms with van der Waals surface area (Å²) in [6, 6.07) is 14.1. The van der Waals surface area contributed by atoms with E-state index in [0.717, 1.165) is 28.8 Å². The van der Waals surface area contributed by atoms with Gasteiger partial charge in [0.25, 0.3) is 11.8 Å². The highest BCUT2D eigenvalue weighted by Gasteiger charge is 2.14. The molecule has 2 aromatic carbocycles. The van der Waals surface area contributed by atoms with Crippen LogP contribution in [0.5, 0.6) is 5.75 Å². The Balaban J connectivity index is 1.45. The molecule has 2 aromatic rings. The second-order valence-electron chi connectivity index (χ2n) is 6.00. The van der Waals surface area contributed by atoms with Crippen LogP contribution in [0.2, 0.25) is 0 Å². The van der Waals surface area contributed by atoms with Crippen molar-refractivity contribution in [1.82, 2.24) is 10.9 Å². The van der Waals surface area contributed by atoms with E-state index in [1.165, 1.54) is 0 Å². The molecular weight excluding hydrogens is 412 g/mol. The second-order valence-corrected chi connectivity index (χ2v) is 6.92. The van der Waals surface area contributed by atoms with Crippen molar-refractivity contribution in [3.63, 3.8) is 0 Å². The van der Waals surface area contributed by atoms with Crippen LogP contribution < -0.4 is 20.6 Å². The molecule has 0 bridgehead atoms. The number of hydrazine groups is 1. The van der Waals surface area contributed by atoms with Gasteiger partial charge in [-0.05, 0) is 55.5 Å². The Labute approximate surface area is 165 Å². The number of rotatable bonds is 5. The number of hydrogen-bond acceptors (Lipinski definition) is 5. The number of anilines is 1. The monoisotopic (exact) mass is 430 g/mol. The molecule has 0 atom stereocenters. The van der Waals surface area contributed by atoms with Gasteiger partial charge in [0.05, 0.1) is 5.69 Å². The van der Waals surface area contributed by atoms with Gasteiger partial charge in [0, 0.05) is 28.7 Å². The van der Waals surface area contributed by atoms with Crippen molar-refractivity contribution in [3.05, 3.63) is 58.6 Å². The second kappa shape index (κ2) is 8.68. The van der Waals surface area contributed by atoms with Crippen molar-refractivity contribution in [3.8, 4) is 5.75 Å². The molecule has 3 rings (SSSR count). The first-order chi connectivity index (χ1) is 13.0. The van der Waals surface area contributed by atoms with Crippen molar-refractivity contribution >= 4 is 39.1 Å². The highest BCUT2D eigenvalue weighted by atomic mass is 79.9. The maximum atomic E-state index is 12.1. The quantitative estimate of drug-likeness (QED) is 0.714. The van der Waals surface area contributed by atoms with Crippen LogP contribution in [0.1, 0.15) is 23.7 Å². The van der Waals surface area contributed by atoms with E-state index in [-0.39, 0.29) is 6.61 Å². The van der Waals surface area contributed by atoms with Gasteiger partial charge in [-0.15, -0.1) is 0 Å². The number of hydrogen-bond donors (Lipinski definition) is 2. The summed E-state index contributed by atoms with van der Waals surface area (Å²) in [6.07, 6.45) is 0.941. The summed E-state index contributed by atoms with van der Waals surface area (Å²) < 4.78 is 6.26. The molecule has 2 amide bonds. The van der Waals surface area contributed by atoms with Crippen molar-refractivity contribution in [2.45, 2.75) is 13.3 Å². The Morgan fingerprint density at radius 3 is 2.44 bits per heavy atom. The molecule has 2 N–H and O–H groups in total. The van der Waals surface area contributed by atoms with Gasteiger partial charge in [0.1, 0.15) is 5.75 Å². The van der Waals surface area contributed by atoms with Crippen LogP contribution in [0, 0.1) is 0 Å². The van der Waals surface area contributed by atoms with Gasteiger partial charge in [-0.25, -0.2) is 0 Å². The number of hydrazone groups is 1. The SMILES string of the molecule is CC1=NN(c2ccc(C(=O)NNC(=O)COc3ccc(Br)cc3)cc2)CC1. The maximum Gasteiger partial charge on any atom is 0.276 e. The fourth-order valence-corrected chi connectivity index (χ4v) is 2.72. The first kappa shape index (κ1) is 18.9. The van der Waals surface area contributed by atoms with Crippen molar-refractivity contribution in [2.75, 3.05) is 18.2 Å². The van der Waals surface area contributed by atoms with E-state index in [0.29, 0.717) is 11.3 Å². The first-order valence-electron chi connectivity index (χ1n) is 8.40. The zero-order valence-corrected chi connectivity index (χ0v) is 16.3. The van der Waals surface area contributed by atoms with Gasteiger partial charge in [-0.2, -0.15) is 5.10 Å². The number of halogens is 1. The van der Waals surface area contributed by atoms with E-state index in [9.17, 15) is 9.59 Å². The highest BCUT2D eigenvalue weighted by Crippen LogP contribution is 2.20. The van der Waals surface area contributed by atoms with Crippen LogP contribution in [0.15, 0.2) is 58.1 Å². The van der Waals surface area contributed by atoms with Crippen molar-refractivity contribution in [1.29, 1.82) is 0 Å². The molecular formula is C19H19BrN4O3. The summed E-state index contributed by atoms with van der Waals surface area (Å²) in [6.45, 7) is 2.63. The fourth-order valence-electron chi connectivity index (χ4n) is 2.46. The molecule has 7 nitrogen and oxygen atoms in total. The van der Waals surface area contributed by atoms with Crippen LogP contribution in [-0.2, 0) is 4.79 Å². The average molecular weight is 431 g/mol. The normalized spacial score (nSPS) is 13.1. The molecule has 0 spiro atoms. The fraction of sp³-hybridized carbons (Fsp3) is 0.211. The Morgan fingerprint density at radius 1 is 1.11 bits per heavy atom. The van der Waals surface area contributed by atoms with Crippen LogP contribution >= 0.6 is 15.9 Å². The minimum Gasteiger partial charge on any atom is -0.484 e. The molecule has 0 saturated carbocycles. The lowest BCUT2D eigenvalue weighted by Gasteiger charge is -2.14.